The van der Waals surface area contributed by atoms with Crippen molar-refractivity contribution in [2.45, 2.75) is 13.8 Å². The van der Waals surface area contributed by atoms with Gasteiger partial charge in [-0.3, -0.25) is 30.3 Å². The van der Waals surface area contributed by atoms with Crippen molar-refractivity contribution in [1.29, 1.82) is 0 Å². The maximum absolute atomic E-state index is 13.1. The summed E-state index contributed by atoms with van der Waals surface area (Å²) >= 11 is 0. The minimum absolute atomic E-state index is 0.0809. The number of nitrogens with two attached hydrogens (primary N) is 4. The number of anilines is 4. The molecule has 10 N–H and O–H groups in total. The van der Waals surface area contributed by atoms with Gasteiger partial charge in [-0.05, 0) is 97.7 Å². The lowest BCUT2D eigenvalue weighted by Gasteiger charge is -2.03. The van der Waals surface area contributed by atoms with E-state index in [1.807, 2.05) is 0 Å². The number of hydrogen-bond acceptors (Lipinski definition) is 21. The highest BCUT2D eigenvalue weighted by atomic mass is 19.2. The van der Waals surface area contributed by atoms with Gasteiger partial charge in [0, 0.05) is 63.7 Å². The maximum atomic E-state index is 13.1. The molecule has 0 bridgehead atoms. The number of methoxy groups -OCH3 is 3. The van der Waals surface area contributed by atoms with Crippen LogP contribution in [0.5, 0.6) is 0 Å². The molecule has 0 fully saturated rings. The highest BCUT2D eigenvalue weighted by Crippen LogP contribution is 2.25. The lowest BCUT2D eigenvalue weighted by atomic mass is 10.1. The van der Waals surface area contributed by atoms with Crippen molar-refractivity contribution in [2.75, 3.05) is 50.9 Å². The van der Waals surface area contributed by atoms with Crippen molar-refractivity contribution in [2.24, 2.45) is 5.11 Å². The number of halogens is 9. The Labute approximate surface area is 503 Å². The quantitative estimate of drug-likeness (QED) is 0.00806. The number of carboxylic acid groups (broad SMARTS) is 2. The van der Waals surface area contributed by atoms with Gasteiger partial charge in [-0.25, -0.2) is 68.3 Å². The molecule has 91 heavy (non-hydrogen) atoms. The number of nitro benzene ring substituents is 3. The zero-order valence-electron chi connectivity index (χ0n) is 46.9. The molecule has 0 heterocycles. The molecule has 0 atom stereocenters. The van der Waals surface area contributed by atoms with Crippen LogP contribution in [-0.4, -0.2) is 88.7 Å². The molecule has 0 saturated heterocycles. The van der Waals surface area contributed by atoms with Gasteiger partial charge >= 0.3 is 35.8 Å². The molecule has 0 unspecified atom stereocenters. The summed E-state index contributed by atoms with van der Waals surface area (Å²) < 4.78 is 132. The molecule has 0 spiro atoms. The normalized spacial score (nSPS) is 9.60. The SMILES string of the molecule is CCOC(=O)c1ccc(N)cc1F.COC(=O)c1c(F)cc(N)cc1F.COC(=O)c1c(F)cc(N=[N+]=[N-])cc1F.COC(=O)c1ccc(N)cc1[N+](=O)[O-].Cc1ccc([N+](=O)[O-])cc1F.Nc1ccc(C(=O)O)c([N+](=O)[O-])c1.O=C(O)c1c(F)cc(F)cc1F. The summed E-state index contributed by atoms with van der Waals surface area (Å²) in [6.07, 6.45) is 0. The molecule has 28 nitrogen and oxygen atoms in total. The zero-order valence-corrected chi connectivity index (χ0v) is 46.9. The number of hydrogen-bond donors (Lipinski definition) is 6. The summed E-state index contributed by atoms with van der Waals surface area (Å²) in [7, 11) is 3.20. The van der Waals surface area contributed by atoms with Gasteiger partial charge < -0.3 is 52.1 Å². The summed E-state index contributed by atoms with van der Waals surface area (Å²) in [5.74, 6) is -16.2. The Morgan fingerprint density at radius 3 is 1.25 bits per heavy atom. The maximum Gasteiger partial charge on any atom is 0.344 e. The van der Waals surface area contributed by atoms with Crippen molar-refractivity contribution in [3.63, 3.8) is 0 Å². The molecule has 7 aromatic carbocycles. The summed E-state index contributed by atoms with van der Waals surface area (Å²) in [6.45, 7) is 3.44. The number of azide groups is 1. The number of nitrogens with zero attached hydrogens (tertiary/aromatic N) is 6. The zero-order chi connectivity index (χ0) is 69.7. The number of non-ortho nitro benzene ring substituents is 1. The predicted octanol–water partition coefficient (Wildman–Crippen LogP) is 11.3. The van der Waals surface area contributed by atoms with Gasteiger partial charge in [-0.2, -0.15) is 0 Å². The molecular weight excluding hydrogens is 1250 g/mol. The lowest BCUT2D eigenvalue weighted by Crippen LogP contribution is -2.08. The number of ether oxygens (including phenoxy) is 4. The largest absolute Gasteiger partial charge is 0.477 e. The Bertz CT molecular complexity index is 3870. The number of nitrogen functional groups attached to an aromatic ring is 4. The number of aromatic carboxylic acids is 2. The number of carbonyl (C=O) groups is 6. The van der Waals surface area contributed by atoms with E-state index in [-0.39, 0.29) is 63.1 Å². The first-order chi connectivity index (χ1) is 42.5. The number of carboxylic acids is 2. The molecule has 7 rings (SSSR count). The molecule has 0 amide bonds. The average Bonchev–Trinajstić information content (AvgIpc) is 1.30. The average molecular weight is 1290 g/mol. The minimum Gasteiger partial charge on any atom is -0.477 e. The van der Waals surface area contributed by atoms with E-state index in [4.69, 9.17) is 38.7 Å². The summed E-state index contributed by atoms with van der Waals surface area (Å²) in [6, 6.07) is 18.5. The third-order valence-electron chi connectivity index (χ3n) is 10.2. The van der Waals surface area contributed by atoms with Crippen LogP contribution in [0, 0.1) is 89.6 Å². The number of aryl methyl sites for hydroxylation is 1. The first kappa shape index (κ1) is 76.5. The second-order valence-electron chi connectivity index (χ2n) is 16.4. The molecule has 0 radical (unpaired) electrons. The van der Waals surface area contributed by atoms with Gasteiger partial charge in [-0.15, -0.1) is 0 Å². The Balaban J connectivity index is 0.000000532. The van der Waals surface area contributed by atoms with Gasteiger partial charge in [0.1, 0.15) is 80.2 Å². The Hall–Kier alpha value is -12.6. The first-order valence-corrected chi connectivity index (χ1v) is 23.9. The van der Waals surface area contributed by atoms with Gasteiger partial charge in [0.2, 0.25) is 0 Å². The molecule has 0 aliphatic rings. The van der Waals surface area contributed by atoms with Gasteiger partial charge in [-0.1, -0.05) is 5.11 Å². The molecule has 0 aliphatic heterocycles. The first-order valence-electron chi connectivity index (χ1n) is 23.9. The van der Waals surface area contributed by atoms with Crippen LogP contribution in [0.3, 0.4) is 0 Å². The topological polar surface area (TPSA) is 462 Å². The van der Waals surface area contributed by atoms with E-state index in [2.05, 4.69) is 29.0 Å². The van der Waals surface area contributed by atoms with Crippen molar-refractivity contribution >= 4 is 81.3 Å². The Morgan fingerprint density at radius 1 is 0.484 bits per heavy atom. The van der Waals surface area contributed by atoms with Gasteiger partial charge in [0.05, 0.1) is 54.3 Å². The van der Waals surface area contributed by atoms with E-state index in [0.29, 0.717) is 17.7 Å². The van der Waals surface area contributed by atoms with Crippen LogP contribution in [0.15, 0.2) is 114 Å². The number of benzene rings is 7. The smallest absolute Gasteiger partial charge is 0.344 e. The molecule has 0 aromatic heterocycles. The van der Waals surface area contributed by atoms with Crippen LogP contribution in [0.2, 0.25) is 0 Å². The summed E-state index contributed by atoms with van der Waals surface area (Å²) in [5, 5.41) is 50.8. The minimum atomic E-state index is -1.76. The molecule has 7 aromatic rings. The third kappa shape index (κ3) is 24.0. The summed E-state index contributed by atoms with van der Waals surface area (Å²) in [4.78, 5) is 95.8. The third-order valence-corrected chi connectivity index (χ3v) is 10.2. The van der Waals surface area contributed by atoms with Crippen molar-refractivity contribution in [3.05, 3.63) is 241 Å². The van der Waals surface area contributed by atoms with E-state index < -0.39 is 125 Å². The molecular formula is C54H45F9N10O18. The van der Waals surface area contributed by atoms with E-state index in [1.54, 1.807) is 13.8 Å². The van der Waals surface area contributed by atoms with Gasteiger partial charge in [0.15, 0.2) is 0 Å². The van der Waals surface area contributed by atoms with Crippen LogP contribution in [0.1, 0.15) is 74.6 Å². The van der Waals surface area contributed by atoms with E-state index in [0.717, 1.165) is 75.9 Å². The number of esters is 4. The molecule has 0 aliphatic carbocycles. The highest BCUT2D eigenvalue weighted by molar-refractivity contribution is 5.95. The molecule has 482 valence electrons. The number of nitro groups is 3. The van der Waals surface area contributed by atoms with Crippen molar-refractivity contribution < 1.29 is 112 Å². The standard InChI is InChI=1S/C9H10FNO2.C8H5F2N3O2.C8H7F2NO2.C8H8N2O4.C7H3F3O2.C7H6FNO2.C7H6N2O4/c1-2-13-9(12)7-4-3-6(11)5-8(7)10;1-15-8(14)7-5(9)2-4(12-13-11)3-6(7)10;1-13-8(12)7-5(9)2-4(11)3-6(7)10;1-14-8(11)6-3-2-5(9)4-7(6)10(12)13;8-3-1-4(9)6(7(11)12)5(10)2-3;1-5-2-3-6(9(10)11)4-7(5)8;8-4-1-2-5(7(10)11)6(3-4)9(12)13/h3-5H,2,11H2,1H3;2-3H,1H3;2-3H,11H2,1H3;2-4H,9H2,1H3;1-2H,(H,11,12);2-4H,1H3;1-3H,8H2,(H,10,11). The molecule has 37 heteroatoms. The fraction of sp³-hybridized carbons (Fsp3) is 0.111. The van der Waals surface area contributed by atoms with Crippen molar-refractivity contribution in [1.82, 2.24) is 0 Å². The molecule has 0 saturated carbocycles. The second-order valence-corrected chi connectivity index (χ2v) is 16.4. The summed E-state index contributed by atoms with van der Waals surface area (Å²) in [5.41, 5.74) is 25.6. The van der Waals surface area contributed by atoms with Crippen molar-refractivity contribution in [3.8, 4) is 0 Å². The van der Waals surface area contributed by atoms with E-state index in [1.165, 1.54) is 42.5 Å². The highest BCUT2D eigenvalue weighted by Gasteiger charge is 2.23. The van der Waals surface area contributed by atoms with Crippen LogP contribution < -0.4 is 22.9 Å². The van der Waals surface area contributed by atoms with Gasteiger partial charge in [0.25, 0.3) is 17.1 Å². The van der Waals surface area contributed by atoms with E-state index >= 15 is 0 Å². The number of carbonyl (C=O) groups excluding carboxylic acids is 4. The predicted molar refractivity (Wildman–Crippen MR) is 300 cm³/mol. The fourth-order valence-electron chi connectivity index (χ4n) is 6.07. The van der Waals surface area contributed by atoms with E-state index in [9.17, 15) is 98.6 Å². The Kier molecular flexibility index (Phi) is 30.6. The van der Waals surface area contributed by atoms with Crippen LogP contribution in [-0.2, 0) is 18.9 Å². The monoisotopic (exact) mass is 1290 g/mol. The number of rotatable bonds is 11. The fourth-order valence-corrected chi connectivity index (χ4v) is 6.07. The lowest BCUT2D eigenvalue weighted by molar-refractivity contribution is -0.385. The Morgan fingerprint density at radius 2 is 0.879 bits per heavy atom. The van der Waals surface area contributed by atoms with Crippen LogP contribution in [0.25, 0.3) is 10.4 Å². The van der Waals surface area contributed by atoms with Crippen LogP contribution >= 0.6 is 0 Å². The van der Waals surface area contributed by atoms with Crippen LogP contribution in [0.4, 0.5) is 85.0 Å². The second kappa shape index (κ2) is 36.4.